The Morgan fingerprint density at radius 3 is 2.54 bits per heavy atom. The Morgan fingerprint density at radius 2 is 1.86 bits per heavy atom. The van der Waals surface area contributed by atoms with Crippen LogP contribution in [0.25, 0.3) is 11.0 Å². The topological polar surface area (TPSA) is 62.6 Å². The van der Waals surface area contributed by atoms with E-state index in [-0.39, 0.29) is 18.2 Å². The molecule has 0 unspecified atom stereocenters. The van der Waals surface area contributed by atoms with Gasteiger partial charge in [-0.2, -0.15) is 0 Å². The number of carbonyl (C=O) groups is 2. The fourth-order valence-electron chi connectivity index (χ4n) is 4.03. The van der Waals surface area contributed by atoms with Gasteiger partial charge >= 0.3 is 0 Å². The lowest BCUT2D eigenvalue weighted by atomic mass is 9.95. The molecule has 1 fully saturated rings. The zero-order valence-corrected chi connectivity index (χ0v) is 17.3. The number of benzene rings is 1. The summed E-state index contributed by atoms with van der Waals surface area (Å²) < 4.78 is 5.66. The highest BCUT2D eigenvalue weighted by Crippen LogP contribution is 2.29. The normalized spacial score (nSPS) is 15.1. The van der Waals surface area contributed by atoms with Gasteiger partial charge in [0.2, 0.25) is 11.8 Å². The van der Waals surface area contributed by atoms with Crippen LogP contribution in [0.5, 0.6) is 0 Å². The largest absolute Gasteiger partial charge is 0.464 e. The monoisotopic (exact) mass is 384 g/mol. The molecule has 0 bridgehead atoms. The molecule has 152 valence electrons. The molecule has 0 saturated carbocycles. The number of aryl methyl sites for hydroxylation is 1. The summed E-state index contributed by atoms with van der Waals surface area (Å²) in [5.74, 6) is 0.497. The van der Waals surface area contributed by atoms with Crippen LogP contribution in [0, 0.1) is 6.92 Å². The summed E-state index contributed by atoms with van der Waals surface area (Å²) in [6.07, 6.45) is 6.90. The number of rotatable bonds is 6. The highest BCUT2D eigenvalue weighted by molar-refractivity contribution is 5.88. The van der Waals surface area contributed by atoms with Gasteiger partial charge in [-0.25, -0.2) is 0 Å². The average molecular weight is 385 g/mol. The number of hydrogen-bond donors (Lipinski definition) is 1. The molecule has 0 radical (unpaired) electrons. The Bertz CT molecular complexity index is 830. The Balaban J connectivity index is 1.54. The number of nitrogens with zero attached hydrogens (tertiary/aromatic N) is 1. The molecule has 1 aliphatic heterocycles. The maximum absolute atomic E-state index is 12.4. The maximum atomic E-state index is 12.4. The first-order chi connectivity index (χ1) is 13.5. The third kappa shape index (κ3) is 4.94. The molecule has 2 heterocycles. The van der Waals surface area contributed by atoms with E-state index < -0.39 is 0 Å². The van der Waals surface area contributed by atoms with Gasteiger partial charge in [0.15, 0.2) is 0 Å². The third-order valence-corrected chi connectivity index (χ3v) is 5.64. The smallest absolute Gasteiger partial charge is 0.224 e. The van der Waals surface area contributed by atoms with Crippen LogP contribution in [0.4, 0.5) is 0 Å². The first kappa shape index (κ1) is 20.4. The van der Waals surface area contributed by atoms with Crippen molar-refractivity contribution in [1.82, 2.24) is 10.2 Å². The molecule has 2 aromatic rings. The zero-order chi connectivity index (χ0) is 20.1. The van der Waals surface area contributed by atoms with E-state index in [1.165, 1.54) is 24.0 Å². The van der Waals surface area contributed by atoms with Crippen LogP contribution < -0.4 is 5.32 Å². The molecule has 1 N–H and O–H groups in total. The molecular formula is C23H32N2O3. The van der Waals surface area contributed by atoms with Crippen molar-refractivity contribution < 1.29 is 14.0 Å². The van der Waals surface area contributed by atoms with E-state index in [4.69, 9.17) is 4.42 Å². The molecule has 0 spiro atoms. The van der Waals surface area contributed by atoms with Crippen LogP contribution in [0.3, 0.4) is 0 Å². The number of carbonyl (C=O) groups excluding carboxylic acids is 2. The highest BCUT2D eigenvalue weighted by Gasteiger charge is 2.17. The van der Waals surface area contributed by atoms with Crippen LogP contribution in [0.1, 0.15) is 68.6 Å². The minimum Gasteiger partial charge on any atom is -0.464 e. The first-order valence-corrected chi connectivity index (χ1v) is 10.5. The summed E-state index contributed by atoms with van der Waals surface area (Å²) in [7, 11) is 0. The lowest BCUT2D eigenvalue weighted by molar-refractivity contribution is -0.131. The molecular weight excluding hydrogens is 352 g/mol. The maximum Gasteiger partial charge on any atom is 0.224 e. The molecule has 0 aliphatic carbocycles. The van der Waals surface area contributed by atoms with Gasteiger partial charge < -0.3 is 14.6 Å². The summed E-state index contributed by atoms with van der Waals surface area (Å²) in [6, 6.07) is 4.19. The molecule has 3 rings (SSSR count). The van der Waals surface area contributed by atoms with Crippen molar-refractivity contribution >= 4 is 22.8 Å². The van der Waals surface area contributed by atoms with Gasteiger partial charge in [-0.1, -0.05) is 26.7 Å². The second-order valence-corrected chi connectivity index (χ2v) is 8.19. The molecule has 1 saturated heterocycles. The van der Waals surface area contributed by atoms with Crippen molar-refractivity contribution in [2.75, 3.05) is 19.6 Å². The number of nitrogens with one attached hydrogen (secondary N) is 1. The molecule has 5 heteroatoms. The van der Waals surface area contributed by atoms with Crippen LogP contribution in [-0.4, -0.2) is 36.3 Å². The van der Waals surface area contributed by atoms with Crippen molar-refractivity contribution in [2.24, 2.45) is 0 Å². The molecule has 2 amide bonds. The molecule has 28 heavy (non-hydrogen) atoms. The van der Waals surface area contributed by atoms with E-state index in [2.05, 4.69) is 32.2 Å². The summed E-state index contributed by atoms with van der Waals surface area (Å²) >= 11 is 0. The summed E-state index contributed by atoms with van der Waals surface area (Å²) in [5, 5.41) is 3.90. The lowest BCUT2D eigenvalue weighted by Gasteiger charge is -2.20. The third-order valence-electron chi connectivity index (χ3n) is 5.64. The Kier molecular flexibility index (Phi) is 6.76. The van der Waals surface area contributed by atoms with Gasteiger partial charge in [-0.05, 0) is 48.9 Å². The van der Waals surface area contributed by atoms with Crippen molar-refractivity contribution in [1.29, 1.82) is 0 Å². The van der Waals surface area contributed by atoms with Crippen molar-refractivity contribution in [3.8, 4) is 0 Å². The van der Waals surface area contributed by atoms with Gasteiger partial charge in [-0.15, -0.1) is 0 Å². The second-order valence-electron chi connectivity index (χ2n) is 8.19. The van der Waals surface area contributed by atoms with Crippen LogP contribution in [0.15, 0.2) is 22.8 Å². The molecule has 1 aliphatic rings. The SMILES string of the molecule is Cc1cc2occ(CC(=O)NCCC(=O)N3CCCCCC3)c2cc1C(C)C. The molecule has 0 atom stereocenters. The van der Waals surface area contributed by atoms with E-state index in [1.54, 1.807) is 6.26 Å². The predicted molar refractivity (Wildman–Crippen MR) is 111 cm³/mol. The highest BCUT2D eigenvalue weighted by atomic mass is 16.3. The zero-order valence-electron chi connectivity index (χ0n) is 17.3. The van der Waals surface area contributed by atoms with E-state index in [0.717, 1.165) is 42.5 Å². The summed E-state index contributed by atoms with van der Waals surface area (Å²) in [5.41, 5.74) is 4.20. The Labute approximate surface area is 167 Å². The number of hydrogen-bond acceptors (Lipinski definition) is 3. The van der Waals surface area contributed by atoms with E-state index in [0.29, 0.717) is 18.9 Å². The minimum absolute atomic E-state index is 0.0713. The summed E-state index contributed by atoms with van der Waals surface area (Å²) in [4.78, 5) is 26.6. The Morgan fingerprint density at radius 1 is 1.14 bits per heavy atom. The van der Waals surface area contributed by atoms with Crippen molar-refractivity contribution in [2.45, 2.75) is 65.2 Å². The van der Waals surface area contributed by atoms with Crippen molar-refractivity contribution in [3.63, 3.8) is 0 Å². The number of furan rings is 1. The van der Waals surface area contributed by atoms with Crippen LogP contribution >= 0.6 is 0 Å². The van der Waals surface area contributed by atoms with Gasteiger partial charge in [0.25, 0.3) is 0 Å². The quantitative estimate of drug-likeness (QED) is 0.807. The van der Waals surface area contributed by atoms with Crippen LogP contribution in [-0.2, 0) is 16.0 Å². The van der Waals surface area contributed by atoms with E-state index in [9.17, 15) is 9.59 Å². The predicted octanol–water partition coefficient (Wildman–Crippen LogP) is 4.32. The average Bonchev–Trinajstić information content (AvgIpc) is 2.85. The van der Waals surface area contributed by atoms with Gasteiger partial charge in [0.1, 0.15) is 5.58 Å². The fourth-order valence-corrected chi connectivity index (χ4v) is 4.03. The number of amides is 2. The second kappa shape index (κ2) is 9.26. The van der Waals surface area contributed by atoms with Gasteiger partial charge in [0, 0.05) is 37.0 Å². The van der Waals surface area contributed by atoms with Crippen molar-refractivity contribution in [3.05, 3.63) is 35.1 Å². The number of likely N-dealkylation sites (tertiary alicyclic amines) is 1. The lowest BCUT2D eigenvalue weighted by Crippen LogP contribution is -2.35. The molecule has 1 aromatic carbocycles. The molecule has 5 nitrogen and oxygen atoms in total. The van der Waals surface area contributed by atoms with E-state index in [1.807, 2.05) is 11.0 Å². The number of fused-ring (bicyclic) bond motifs is 1. The summed E-state index contributed by atoms with van der Waals surface area (Å²) in [6.45, 7) is 8.52. The minimum atomic E-state index is -0.0713. The van der Waals surface area contributed by atoms with Gasteiger partial charge in [0.05, 0.1) is 12.7 Å². The standard InChI is InChI=1S/C23H32N2O3/c1-16(2)19-14-20-18(15-28-21(20)12-17(19)3)13-22(26)24-9-8-23(27)25-10-6-4-5-7-11-25/h12,14-16H,4-11,13H2,1-3H3,(H,24,26). The van der Waals surface area contributed by atoms with Crippen LogP contribution in [0.2, 0.25) is 0 Å². The molecule has 1 aromatic heterocycles. The fraction of sp³-hybridized carbons (Fsp3) is 0.565. The van der Waals surface area contributed by atoms with Gasteiger partial charge in [-0.3, -0.25) is 9.59 Å². The Hall–Kier alpha value is -2.30. The van der Waals surface area contributed by atoms with E-state index >= 15 is 0 Å². The first-order valence-electron chi connectivity index (χ1n) is 10.5.